The first-order valence-corrected chi connectivity index (χ1v) is 9.55. The molecule has 11 heteroatoms. The van der Waals surface area contributed by atoms with E-state index in [2.05, 4.69) is 20.6 Å². The summed E-state index contributed by atoms with van der Waals surface area (Å²) >= 11 is 0. The second-order valence-corrected chi connectivity index (χ2v) is 7.10. The summed E-state index contributed by atoms with van der Waals surface area (Å²) in [6.07, 6.45) is -1.58. The summed E-state index contributed by atoms with van der Waals surface area (Å²) in [4.78, 5) is 31.8. The minimum atomic E-state index is -4.56. The third kappa shape index (κ3) is 4.47. The lowest BCUT2D eigenvalue weighted by Gasteiger charge is -2.11. The van der Waals surface area contributed by atoms with Crippen molar-refractivity contribution in [3.05, 3.63) is 77.7 Å². The first kappa shape index (κ1) is 21.8. The molecule has 168 valence electrons. The van der Waals surface area contributed by atoms with Gasteiger partial charge in [0.15, 0.2) is 5.65 Å². The largest absolute Gasteiger partial charge is 0.465 e. The zero-order valence-electron chi connectivity index (χ0n) is 17.0. The van der Waals surface area contributed by atoms with Crippen LogP contribution in [0.1, 0.15) is 21.5 Å². The molecule has 0 aliphatic heterocycles. The fourth-order valence-electron chi connectivity index (χ4n) is 3.33. The van der Waals surface area contributed by atoms with Crippen molar-refractivity contribution in [2.75, 3.05) is 10.6 Å². The summed E-state index contributed by atoms with van der Waals surface area (Å²) in [5, 5.41) is 13.7. The van der Waals surface area contributed by atoms with Gasteiger partial charge in [0.25, 0.3) is 5.91 Å². The van der Waals surface area contributed by atoms with Crippen LogP contribution >= 0.6 is 0 Å². The van der Waals surface area contributed by atoms with Crippen LogP contribution in [0.5, 0.6) is 0 Å². The van der Waals surface area contributed by atoms with Gasteiger partial charge in [0.2, 0.25) is 0 Å². The third-order valence-electron chi connectivity index (χ3n) is 4.88. The molecule has 8 nitrogen and oxygen atoms in total. The first-order chi connectivity index (χ1) is 15.6. The standard InChI is InChI=1S/C22H16F3N5O3/c1-12-4-5-13(20(31)29-18-10-14(6-7-26-18)22(23,24)25)9-15(12)17-11-27-19-16(28-21(32)33)3-2-8-30(17)19/h2-11,28H,1H3,(H,32,33)(H,26,29,31). The predicted molar refractivity (Wildman–Crippen MR) is 114 cm³/mol. The number of aryl methyl sites for hydroxylation is 1. The van der Waals surface area contributed by atoms with E-state index >= 15 is 0 Å². The maximum atomic E-state index is 12.9. The molecule has 4 aromatic rings. The molecular formula is C22H16F3N5O3. The maximum Gasteiger partial charge on any atom is 0.416 e. The summed E-state index contributed by atoms with van der Waals surface area (Å²) < 4.78 is 40.4. The highest BCUT2D eigenvalue weighted by Gasteiger charge is 2.31. The normalized spacial score (nSPS) is 11.4. The van der Waals surface area contributed by atoms with Gasteiger partial charge in [-0.1, -0.05) is 6.07 Å². The van der Waals surface area contributed by atoms with Crippen molar-refractivity contribution in [3.63, 3.8) is 0 Å². The minimum Gasteiger partial charge on any atom is -0.465 e. The number of benzene rings is 1. The molecule has 0 fully saturated rings. The van der Waals surface area contributed by atoms with Crippen molar-refractivity contribution in [1.29, 1.82) is 0 Å². The van der Waals surface area contributed by atoms with Crippen molar-refractivity contribution in [2.24, 2.45) is 0 Å². The Labute approximate surface area is 184 Å². The van der Waals surface area contributed by atoms with Gasteiger partial charge < -0.3 is 10.4 Å². The minimum absolute atomic E-state index is 0.199. The lowest BCUT2D eigenvalue weighted by molar-refractivity contribution is -0.137. The van der Waals surface area contributed by atoms with Crippen LogP contribution in [0.25, 0.3) is 16.9 Å². The molecule has 33 heavy (non-hydrogen) atoms. The lowest BCUT2D eigenvalue weighted by atomic mass is 10.0. The van der Waals surface area contributed by atoms with Crippen molar-refractivity contribution in [1.82, 2.24) is 14.4 Å². The van der Waals surface area contributed by atoms with Crippen LogP contribution in [0, 0.1) is 6.92 Å². The van der Waals surface area contributed by atoms with Gasteiger partial charge in [-0.3, -0.25) is 14.5 Å². The number of alkyl halides is 3. The highest BCUT2D eigenvalue weighted by Crippen LogP contribution is 2.31. The summed E-state index contributed by atoms with van der Waals surface area (Å²) in [5.74, 6) is -0.860. The zero-order chi connectivity index (χ0) is 23.8. The highest BCUT2D eigenvalue weighted by molar-refractivity contribution is 6.04. The van der Waals surface area contributed by atoms with Crippen LogP contribution in [0.3, 0.4) is 0 Å². The number of pyridine rings is 2. The van der Waals surface area contributed by atoms with E-state index in [1.165, 1.54) is 0 Å². The number of carbonyl (C=O) groups excluding carboxylic acids is 1. The summed E-state index contributed by atoms with van der Waals surface area (Å²) in [7, 11) is 0. The second-order valence-electron chi connectivity index (χ2n) is 7.10. The van der Waals surface area contributed by atoms with Crippen molar-refractivity contribution in [2.45, 2.75) is 13.1 Å². The number of anilines is 2. The Balaban J connectivity index is 1.68. The summed E-state index contributed by atoms with van der Waals surface area (Å²) in [6.45, 7) is 1.82. The van der Waals surface area contributed by atoms with Crippen LogP contribution in [0.4, 0.5) is 29.5 Å². The Morgan fingerprint density at radius 3 is 2.58 bits per heavy atom. The second kappa shape index (κ2) is 8.26. The number of rotatable bonds is 4. The molecule has 2 amide bonds. The molecule has 0 aliphatic carbocycles. The quantitative estimate of drug-likeness (QED) is 0.398. The van der Waals surface area contributed by atoms with Gasteiger partial charge in [-0.2, -0.15) is 13.2 Å². The number of aromatic nitrogens is 3. The third-order valence-corrected chi connectivity index (χ3v) is 4.88. The molecule has 1 aromatic carbocycles. The predicted octanol–water partition coefficient (Wildman–Crippen LogP) is 5.07. The fourth-order valence-corrected chi connectivity index (χ4v) is 3.33. The number of carboxylic acid groups (broad SMARTS) is 1. The lowest BCUT2D eigenvalue weighted by Crippen LogP contribution is -2.14. The smallest absolute Gasteiger partial charge is 0.416 e. The van der Waals surface area contributed by atoms with Crippen LogP contribution in [-0.2, 0) is 6.18 Å². The van der Waals surface area contributed by atoms with Gasteiger partial charge >= 0.3 is 12.3 Å². The van der Waals surface area contributed by atoms with Crippen LogP contribution in [0.2, 0.25) is 0 Å². The van der Waals surface area contributed by atoms with Crippen molar-refractivity contribution < 1.29 is 27.9 Å². The molecule has 3 heterocycles. The fraction of sp³-hybridized carbons (Fsp3) is 0.0909. The number of amides is 2. The number of hydrogen-bond acceptors (Lipinski definition) is 4. The average Bonchev–Trinajstić information content (AvgIpc) is 3.18. The van der Waals surface area contributed by atoms with E-state index in [9.17, 15) is 22.8 Å². The molecule has 3 aromatic heterocycles. The molecular weight excluding hydrogens is 439 g/mol. The van der Waals surface area contributed by atoms with Crippen molar-refractivity contribution >= 4 is 29.2 Å². The Kier molecular flexibility index (Phi) is 5.46. The van der Waals surface area contributed by atoms with E-state index in [4.69, 9.17) is 5.11 Å². The molecule has 0 atom stereocenters. The Morgan fingerprint density at radius 2 is 1.85 bits per heavy atom. The Hall–Kier alpha value is -4.41. The number of imidazole rings is 1. The molecule has 0 radical (unpaired) electrons. The van der Waals surface area contributed by atoms with Gasteiger partial charge in [0, 0.05) is 23.5 Å². The molecule has 4 rings (SSSR count). The molecule has 0 saturated heterocycles. The summed E-state index contributed by atoms with van der Waals surface area (Å²) in [5.41, 5.74) is 1.99. The zero-order valence-corrected chi connectivity index (χ0v) is 17.0. The number of nitrogens with one attached hydrogen (secondary N) is 2. The van der Waals surface area contributed by atoms with E-state index in [-0.39, 0.29) is 11.4 Å². The van der Waals surface area contributed by atoms with Crippen molar-refractivity contribution in [3.8, 4) is 11.3 Å². The molecule has 0 saturated carbocycles. The van der Waals surface area contributed by atoms with Gasteiger partial charge in [-0.05, 0) is 48.9 Å². The highest BCUT2D eigenvalue weighted by atomic mass is 19.4. The van der Waals surface area contributed by atoms with Gasteiger partial charge in [-0.25, -0.2) is 14.8 Å². The molecule has 0 unspecified atom stereocenters. The van der Waals surface area contributed by atoms with E-state index in [0.29, 0.717) is 22.6 Å². The van der Waals surface area contributed by atoms with Crippen LogP contribution < -0.4 is 10.6 Å². The average molecular weight is 455 g/mol. The Morgan fingerprint density at radius 1 is 1.06 bits per heavy atom. The molecule has 0 aliphatic rings. The Bertz CT molecular complexity index is 1380. The first-order valence-electron chi connectivity index (χ1n) is 9.55. The molecule has 0 spiro atoms. The van der Waals surface area contributed by atoms with E-state index in [0.717, 1.165) is 23.9 Å². The topological polar surface area (TPSA) is 109 Å². The van der Waals surface area contributed by atoms with Gasteiger partial charge in [-0.15, -0.1) is 0 Å². The van der Waals surface area contributed by atoms with Crippen LogP contribution in [0.15, 0.2) is 61.1 Å². The van der Waals surface area contributed by atoms with E-state index in [1.54, 1.807) is 47.1 Å². The van der Waals surface area contributed by atoms with Crippen LogP contribution in [-0.4, -0.2) is 31.5 Å². The molecule has 3 N–H and O–H groups in total. The number of hydrogen-bond donors (Lipinski definition) is 3. The number of nitrogens with zero attached hydrogens (tertiary/aromatic N) is 3. The van der Waals surface area contributed by atoms with Gasteiger partial charge in [0.1, 0.15) is 5.82 Å². The maximum absolute atomic E-state index is 12.9. The van der Waals surface area contributed by atoms with Gasteiger partial charge in [0.05, 0.1) is 23.1 Å². The number of carbonyl (C=O) groups is 2. The number of halogens is 3. The monoisotopic (exact) mass is 455 g/mol. The SMILES string of the molecule is Cc1ccc(C(=O)Nc2cc(C(F)(F)F)ccn2)cc1-c1cnc2c(NC(=O)O)cccn12. The van der Waals surface area contributed by atoms with E-state index in [1.807, 2.05) is 6.92 Å². The molecule has 0 bridgehead atoms. The van der Waals surface area contributed by atoms with E-state index < -0.39 is 23.7 Å². The number of fused-ring (bicyclic) bond motifs is 1. The summed E-state index contributed by atoms with van der Waals surface area (Å²) in [6, 6.07) is 9.62.